The first-order valence-electron chi connectivity index (χ1n) is 9.31. The molecular formula is C22H24N2O2. The molecule has 2 aromatic carbocycles. The predicted molar refractivity (Wildman–Crippen MR) is 102 cm³/mol. The van der Waals surface area contributed by atoms with Gasteiger partial charge in [-0.2, -0.15) is 0 Å². The number of nitrogens with zero attached hydrogens (tertiary/aromatic N) is 2. The highest BCUT2D eigenvalue weighted by Crippen LogP contribution is 2.48. The number of likely N-dealkylation sites (tertiary alicyclic amines) is 1. The van der Waals surface area contributed by atoms with Gasteiger partial charge in [-0.3, -0.25) is 9.59 Å². The molecule has 0 N–H and O–H groups in total. The number of carbonyl (C=O) groups is 2. The van der Waals surface area contributed by atoms with Gasteiger partial charge in [0.15, 0.2) is 0 Å². The van der Waals surface area contributed by atoms with Crippen molar-refractivity contribution >= 4 is 17.5 Å². The Bertz CT molecular complexity index is 790. The summed E-state index contributed by atoms with van der Waals surface area (Å²) >= 11 is 0. The van der Waals surface area contributed by atoms with Crippen molar-refractivity contribution in [3.05, 3.63) is 66.2 Å². The number of benzene rings is 2. The molecule has 134 valence electrons. The lowest BCUT2D eigenvalue weighted by Crippen LogP contribution is -2.36. The summed E-state index contributed by atoms with van der Waals surface area (Å²) in [5.74, 6) is 0.667. The van der Waals surface area contributed by atoms with E-state index in [4.69, 9.17) is 0 Å². The minimum absolute atomic E-state index is 0.0955. The van der Waals surface area contributed by atoms with Gasteiger partial charge in [0.05, 0.1) is 5.92 Å². The van der Waals surface area contributed by atoms with Gasteiger partial charge in [-0.25, -0.2) is 0 Å². The first kappa shape index (κ1) is 16.8. The molecule has 1 saturated carbocycles. The maximum absolute atomic E-state index is 12.8. The van der Waals surface area contributed by atoms with Crippen molar-refractivity contribution in [1.29, 1.82) is 0 Å². The second-order valence-electron chi connectivity index (χ2n) is 7.36. The summed E-state index contributed by atoms with van der Waals surface area (Å²) in [6, 6.07) is 19.9. The topological polar surface area (TPSA) is 40.6 Å². The fourth-order valence-corrected chi connectivity index (χ4v) is 3.99. The molecule has 0 radical (unpaired) electrons. The molecule has 2 aliphatic rings. The van der Waals surface area contributed by atoms with Crippen LogP contribution in [0.4, 0.5) is 5.69 Å². The number of anilines is 1. The monoisotopic (exact) mass is 348 g/mol. The highest BCUT2D eigenvalue weighted by atomic mass is 16.2. The molecule has 0 spiro atoms. The van der Waals surface area contributed by atoms with Gasteiger partial charge < -0.3 is 9.80 Å². The van der Waals surface area contributed by atoms with Gasteiger partial charge in [0, 0.05) is 31.7 Å². The normalized spacial score (nSPS) is 24.3. The van der Waals surface area contributed by atoms with Gasteiger partial charge in [-0.1, -0.05) is 48.5 Å². The van der Waals surface area contributed by atoms with Crippen LogP contribution in [0.15, 0.2) is 60.7 Å². The maximum atomic E-state index is 12.8. The Morgan fingerprint density at radius 1 is 1.00 bits per heavy atom. The second kappa shape index (κ2) is 6.94. The number of carbonyl (C=O) groups excluding carboxylic acids is 2. The van der Waals surface area contributed by atoms with Crippen molar-refractivity contribution in [2.75, 3.05) is 25.0 Å². The fraction of sp³-hybridized carbons (Fsp3) is 0.364. The molecule has 1 aliphatic heterocycles. The molecule has 1 aliphatic carbocycles. The highest BCUT2D eigenvalue weighted by Gasteiger charge is 2.47. The van der Waals surface area contributed by atoms with E-state index in [1.807, 2.05) is 60.5 Å². The summed E-state index contributed by atoms with van der Waals surface area (Å²) in [4.78, 5) is 29.2. The first-order valence-corrected chi connectivity index (χ1v) is 9.31. The summed E-state index contributed by atoms with van der Waals surface area (Å²) in [5, 5.41) is 0. The van der Waals surface area contributed by atoms with Crippen LogP contribution in [0.25, 0.3) is 0 Å². The zero-order chi connectivity index (χ0) is 18.1. The van der Waals surface area contributed by atoms with E-state index in [0.29, 0.717) is 19.0 Å². The Labute approximate surface area is 154 Å². The van der Waals surface area contributed by atoms with Crippen LogP contribution in [0.5, 0.6) is 0 Å². The third-order valence-corrected chi connectivity index (χ3v) is 5.66. The van der Waals surface area contributed by atoms with E-state index in [1.54, 1.807) is 4.90 Å². The summed E-state index contributed by atoms with van der Waals surface area (Å²) < 4.78 is 0. The number of amides is 2. The molecule has 4 heteroatoms. The lowest BCUT2D eigenvalue weighted by atomic mass is 10.1. The number of rotatable bonds is 4. The average Bonchev–Trinajstić information content (AvgIpc) is 3.35. The zero-order valence-electron chi connectivity index (χ0n) is 15.0. The number of hydrogen-bond acceptors (Lipinski definition) is 2. The van der Waals surface area contributed by atoms with Gasteiger partial charge in [0.2, 0.25) is 11.8 Å². The number of para-hydroxylation sites is 1. The summed E-state index contributed by atoms with van der Waals surface area (Å²) in [7, 11) is 1.81. The van der Waals surface area contributed by atoms with Gasteiger partial charge in [0.1, 0.15) is 0 Å². The lowest BCUT2D eigenvalue weighted by Gasteiger charge is -2.22. The third kappa shape index (κ3) is 3.24. The van der Waals surface area contributed by atoms with E-state index in [-0.39, 0.29) is 23.7 Å². The van der Waals surface area contributed by atoms with Crippen molar-refractivity contribution in [2.24, 2.45) is 11.8 Å². The minimum Gasteiger partial charge on any atom is -0.342 e. The fourth-order valence-electron chi connectivity index (χ4n) is 3.99. The van der Waals surface area contributed by atoms with E-state index in [9.17, 15) is 9.59 Å². The molecule has 2 amide bonds. The second-order valence-corrected chi connectivity index (χ2v) is 7.36. The molecule has 1 heterocycles. The summed E-state index contributed by atoms with van der Waals surface area (Å²) in [5.41, 5.74) is 2.15. The molecule has 26 heavy (non-hydrogen) atoms. The Morgan fingerprint density at radius 2 is 1.65 bits per heavy atom. The molecule has 1 saturated heterocycles. The molecule has 0 bridgehead atoms. The zero-order valence-corrected chi connectivity index (χ0v) is 15.0. The Balaban J connectivity index is 1.35. The SMILES string of the molecule is CN(C(=O)[C@@H]1CCN(C(=O)[C@@H]2C[C@H]2c2ccccc2)C1)c1ccccc1. The van der Waals surface area contributed by atoms with Crippen molar-refractivity contribution in [3.8, 4) is 0 Å². The van der Waals surface area contributed by atoms with Crippen LogP contribution >= 0.6 is 0 Å². The van der Waals surface area contributed by atoms with Crippen LogP contribution in [-0.4, -0.2) is 36.9 Å². The molecule has 2 aromatic rings. The van der Waals surface area contributed by atoms with E-state index in [1.165, 1.54) is 5.56 Å². The van der Waals surface area contributed by atoms with E-state index in [2.05, 4.69) is 12.1 Å². The van der Waals surface area contributed by atoms with Crippen LogP contribution in [-0.2, 0) is 9.59 Å². The van der Waals surface area contributed by atoms with Crippen LogP contribution < -0.4 is 4.90 Å². The Kier molecular flexibility index (Phi) is 4.49. The van der Waals surface area contributed by atoms with E-state index < -0.39 is 0 Å². The molecular weight excluding hydrogens is 324 g/mol. The van der Waals surface area contributed by atoms with Crippen LogP contribution in [0, 0.1) is 11.8 Å². The van der Waals surface area contributed by atoms with Gasteiger partial charge >= 0.3 is 0 Å². The molecule has 3 atom stereocenters. The smallest absolute Gasteiger partial charge is 0.231 e. The van der Waals surface area contributed by atoms with Crippen molar-refractivity contribution in [2.45, 2.75) is 18.8 Å². The number of hydrogen-bond donors (Lipinski definition) is 0. The average molecular weight is 348 g/mol. The molecule has 0 aromatic heterocycles. The largest absolute Gasteiger partial charge is 0.342 e. The summed E-state index contributed by atoms with van der Waals surface area (Å²) in [6.07, 6.45) is 1.69. The highest BCUT2D eigenvalue weighted by molar-refractivity contribution is 5.95. The standard InChI is InChI=1S/C22H24N2O2/c1-23(18-10-6-3-7-11-18)21(25)17-12-13-24(15-17)22(26)20-14-19(20)16-8-4-2-5-9-16/h2-11,17,19-20H,12-15H2,1H3/t17-,19+,20-/m1/s1. The van der Waals surface area contributed by atoms with Gasteiger partial charge in [0.25, 0.3) is 0 Å². The van der Waals surface area contributed by atoms with Gasteiger partial charge in [-0.15, -0.1) is 0 Å². The van der Waals surface area contributed by atoms with Crippen LogP contribution in [0.3, 0.4) is 0 Å². The maximum Gasteiger partial charge on any atom is 0.231 e. The third-order valence-electron chi connectivity index (χ3n) is 5.66. The van der Waals surface area contributed by atoms with E-state index >= 15 is 0 Å². The summed E-state index contributed by atoms with van der Waals surface area (Å²) in [6.45, 7) is 1.24. The molecule has 2 fully saturated rings. The molecule has 4 rings (SSSR count). The molecule has 4 nitrogen and oxygen atoms in total. The van der Waals surface area contributed by atoms with Crippen LogP contribution in [0.1, 0.15) is 24.3 Å². The van der Waals surface area contributed by atoms with E-state index in [0.717, 1.165) is 18.5 Å². The van der Waals surface area contributed by atoms with Crippen LogP contribution in [0.2, 0.25) is 0 Å². The lowest BCUT2D eigenvalue weighted by molar-refractivity contribution is -0.132. The van der Waals surface area contributed by atoms with Gasteiger partial charge in [-0.05, 0) is 36.5 Å². The van der Waals surface area contributed by atoms with Crippen molar-refractivity contribution in [1.82, 2.24) is 4.90 Å². The Morgan fingerprint density at radius 3 is 2.35 bits per heavy atom. The predicted octanol–water partition coefficient (Wildman–Crippen LogP) is 3.30. The quantitative estimate of drug-likeness (QED) is 0.851. The first-order chi connectivity index (χ1) is 12.6. The molecule has 0 unspecified atom stereocenters. The minimum atomic E-state index is -0.0990. The van der Waals surface area contributed by atoms with Crippen molar-refractivity contribution in [3.63, 3.8) is 0 Å². The van der Waals surface area contributed by atoms with Crippen molar-refractivity contribution < 1.29 is 9.59 Å². The Hall–Kier alpha value is -2.62.